The predicted molar refractivity (Wildman–Crippen MR) is 149 cm³/mol. The van der Waals surface area contributed by atoms with Gasteiger partial charge in [0.2, 0.25) is 0 Å². The van der Waals surface area contributed by atoms with Crippen LogP contribution in [0.2, 0.25) is 0 Å². The van der Waals surface area contributed by atoms with Crippen LogP contribution < -0.4 is 31.8 Å². The Morgan fingerprint density at radius 1 is 0.303 bits per heavy atom. The maximum atomic E-state index is 4.47. The minimum absolute atomic E-state index is 1.37. The molecule has 0 radical (unpaired) electrons. The summed E-state index contributed by atoms with van der Waals surface area (Å²) >= 11 is 0. The lowest BCUT2D eigenvalue weighted by molar-refractivity contribution is 1.74. The maximum absolute atomic E-state index is 4.47. The van der Waals surface area contributed by atoms with Crippen LogP contribution in [0.5, 0.6) is 0 Å². The third-order valence-corrected chi connectivity index (χ3v) is 15.6. The van der Waals surface area contributed by atoms with Crippen molar-refractivity contribution in [1.82, 2.24) is 0 Å². The number of benzene rings is 5. The monoisotopic (exact) mass is 458 g/mol. The Bertz CT molecular complexity index is 1330. The molecular formula is C31H24P2. The van der Waals surface area contributed by atoms with Crippen LogP contribution in [0.1, 0.15) is 0 Å². The highest BCUT2D eigenvalue weighted by molar-refractivity contribution is 8.10. The van der Waals surface area contributed by atoms with E-state index < -0.39 is 13.8 Å². The van der Waals surface area contributed by atoms with Crippen molar-refractivity contribution in [2.75, 3.05) is 0 Å². The van der Waals surface area contributed by atoms with E-state index in [1.165, 1.54) is 31.8 Å². The molecule has 0 fully saturated rings. The van der Waals surface area contributed by atoms with E-state index in [-0.39, 0.29) is 0 Å². The van der Waals surface area contributed by atoms with Crippen molar-refractivity contribution in [3.05, 3.63) is 146 Å². The van der Waals surface area contributed by atoms with E-state index in [2.05, 4.69) is 151 Å². The summed E-state index contributed by atoms with van der Waals surface area (Å²) in [6.07, 6.45) is 0. The van der Waals surface area contributed by atoms with Gasteiger partial charge in [0.05, 0.1) is 0 Å². The van der Waals surface area contributed by atoms with Gasteiger partial charge in [-0.3, -0.25) is 0 Å². The van der Waals surface area contributed by atoms with Gasteiger partial charge in [0.1, 0.15) is 0 Å². The van der Waals surface area contributed by atoms with Gasteiger partial charge < -0.3 is 0 Å². The van der Waals surface area contributed by atoms with Crippen molar-refractivity contribution in [1.29, 1.82) is 0 Å². The highest BCUT2D eigenvalue weighted by atomic mass is 31.2. The Kier molecular flexibility index (Phi) is 5.10. The van der Waals surface area contributed by atoms with Gasteiger partial charge in [-0.05, 0) is 31.8 Å². The topological polar surface area (TPSA) is 0 Å². The molecule has 33 heavy (non-hydrogen) atoms. The lowest BCUT2D eigenvalue weighted by Crippen LogP contribution is -2.34. The minimum atomic E-state index is -2.09. The molecule has 2 heteroatoms. The summed E-state index contributed by atoms with van der Waals surface area (Å²) in [5.41, 5.74) is 0. The average Bonchev–Trinajstić information content (AvgIpc) is 3.24. The summed E-state index contributed by atoms with van der Waals surface area (Å²) < 4.78 is 0. The Morgan fingerprint density at radius 3 is 0.818 bits per heavy atom. The SMILES string of the molecule is C1=P(c2ccccc2)(c2ccccc2)c2ccccc2P=1(c1ccccc1)c1ccccc1. The lowest BCUT2D eigenvalue weighted by Gasteiger charge is -2.26. The highest BCUT2D eigenvalue weighted by Gasteiger charge is 2.39. The van der Waals surface area contributed by atoms with E-state index in [1.807, 2.05) is 0 Å². The van der Waals surface area contributed by atoms with Crippen molar-refractivity contribution in [3.8, 4) is 0 Å². The molecule has 1 aliphatic heterocycles. The van der Waals surface area contributed by atoms with Crippen molar-refractivity contribution < 1.29 is 0 Å². The Labute approximate surface area is 196 Å². The summed E-state index contributed by atoms with van der Waals surface area (Å²) in [6, 6.07) is 53.4. The largest absolute Gasteiger partial charge is 0.105 e. The summed E-state index contributed by atoms with van der Waals surface area (Å²) in [5, 5.41) is 12.9. The van der Waals surface area contributed by atoms with Gasteiger partial charge in [-0.1, -0.05) is 146 Å². The molecular weight excluding hydrogens is 434 g/mol. The van der Waals surface area contributed by atoms with E-state index in [0.717, 1.165) is 0 Å². The molecule has 0 aromatic heterocycles. The van der Waals surface area contributed by atoms with Gasteiger partial charge in [-0.2, -0.15) is 0 Å². The van der Waals surface area contributed by atoms with Crippen LogP contribution in [0, 0.1) is 0 Å². The second kappa shape index (κ2) is 8.26. The zero-order valence-electron chi connectivity index (χ0n) is 18.3. The van der Waals surface area contributed by atoms with Crippen LogP contribution in [0.4, 0.5) is 0 Å². The van der Waals surface area contributed by atoms with Crippen LogP contribution in [-0.4, -0.2) is 5.17 Å². The molecule has 158 valence electrons. The van der Waals surface area contributed by atoms with E-state index >= 15 is 0 Å². The Morgan fingerprint density at radius 2 is 0.545 bits per heavy atom. The molecule has 0 unspecified atom stereocenters. The smallest absolute Gasteiger partial charge is 0.0182 e. The van der Waals surface area contributed by atoms with Crippen molar-refractivity contribution in [2.45, 2.75) is 0 Å². The molecule has 0 spiro atoms. The number of hydrogen-bond acceptors (Lipinski definition) is 0. The molecule has 0 N–H and O–H groups in total. The van der Waals surface area contributed by atoms with Gasteiger partial charge in [0.15, 0.2) is 0 Å². The molecule has 0 bridgehead atoms. The molecule has 6 rings (SSSR count). The van der Waals surface area contributed by atoms with E-state index in [1.54, 1.807) is 0 Å². The summed E-state index contributed by atoms with van der Waals surface area (Å²) in [6.45, 7) is -4.19. The lowest BCUT2D eigenvalue weighted by atomic mass is 10.3. The number of fused-ring (bicyclic) bond motifs is 1. The van der Waals surface area contributed by atoms with E-state index in [4.69, 9.17) is 0 Å². The van der Waals surface area contributed by atoms with Gasteiger partial charge >= 0.3 is 0 Å². The third kappa shape index (κ3) is 3.08. The van der Waals surface area contributed by atoms with Crippen LogP contribution in [-0.2, 0) is 0 Å². The average molecular weight is 458 g/mol. The quantitative estimate of drug-likeness (QED) is 0.329. The molecule has 0 saturated carbocycles. The standard InChI is InChI=1S/C31H24P2/c1-5-15-26(16-6-1)32(27-17-7-2-8-18-27)25-33(28-19-9-3-10-20-28,29-21-11-4-12-22-29)31-24-14-13-23-30(31)32/h1-24H. The summed E-state index contributed by atoms with van der Waals surface area (Å²) in [7, 11) is 0. The maximum Gasteiger partial charge on any atom is 0.0182 e. The van der Waals surface area contributed by atoms with Gasteiger partial charge in [0.25, 0.3) is 0 Å². The van der Waals surface area contributed by atoms with Crippen LogP contribution in [0.15, 0.2) is 146 Å². The normalized spacial score (nSPS) is 15.2. The zero-order valence-corrected chi connectivity index (χ0v) is 20.0. The molecule has 0 nitrogen and oxygen atoms in total. The molecule has 0 aliphatic carbocycles. The van der Waals surface area contributed by atoms with Gasteiger partial charge in [0, 0.05) is 13.8 Å². The first-order valence-electron chi connectivity index (χ1n) is 11.3. The van der Waals surface area contributed by atoms with E-state index in [9.17, 15) is 0 Å². The minimum Gasteiger partial charge on any atom is -0.105 e. The van der Waals surface area contributed by atoms with Gasteiger partial charge in [-0.25, -0.2) is 0 Å². The molecule has 5 aromatic rings. The number of rotatable bonds is 4. The molecule has 0 atom stereocenters. The first kappa shape index (κ1) is 20.4. The third-order valence-electron chi connectivity index (χ3n) is 6.48. The second-order valence-corrected chi connectivity index (χ2v) is 14.8. The first-order valence-corrected chi connectivity index (χ1v) is 14.8. The Hall–Kier alpha value is -3.26. The van der Waals surface area contributed by atoms with E-state index in [0.29, 0.717) is 0 Å². The summed E-state index contributed by atoms with van der Waals surface area (Å²) in [4.78, 5) is 0. The molecule has 0 amide bonds. The highest BCUT2D eigenvalue weighted by Crippen LogP contribution is 2.56. The van der Waals surface area contributed by atoms with Crippen molar-refractivity contribution in [2.24, 2.45) is 0 Å². The van der Waals surface area contributed by atoms with Gasteiger partial charge in [-0.15, -0.1) is 5.17 Å². The van der Waals surface area contributed by atoms with Crippen LogP contribution in [0.25, 0.3) is 0 Å². The van der Waals surface area contributed by atoms with Crippen LogP contribution in [0.3, 0.4) is 0 Å². The fourth-order valence-electron chi connectivity index (χ4n) is 5.06. The fraction of sp³-hybridized carbons (Fsp3) is 0. The zero-order chi connectivity index (χ0) is 22.1. The first-order chi connectivity index (χ1) is 16.4. The van der Waals surface area contributed by atoms with Crippen LogP contribution >= 0.6 is 13.8 Å². The molecule has 5 aromatic carbocycles. The number of hydrogen-bond donors (Lipinski definition) is 0. The molecule has 1 aliphatic rings. The second-order valence-electron chi connectivity index (χ2n) is 8.27. The molecule has 0 saturated heterocycles. The van der Waals surface area contributed by atoms with Crippen molar-refractivity contribution in [3.63, 3.8) is 0 Å². The summed E-state index contributed by atoms with van der Waals surface area (Å²) in [5.74, 6) is 0. The fourth-order valence-corrected chi connectivity index (χ4v) is 16.1. The van der Waals surface area contributed by atoms with Crippen molar-refractivity contribution >= 4 is 50.8 Å². The predicted octanol–water partition coefficient (Wildman–Crippen LogP) is 4.92. The Balaban J connectivity index is 1.94. The molecule has 1 heterocycles.